The summed E-state index contributed by atoms with van der Waals surface area (Å²) in [5, 5.41) is 3.22. The monoisotopic (exact) mass is 302 g/mol. The van der Waals surface area contributed by atoms with Crippen molar-refractivity contribution in [3.8, 4) is 0 Å². The lowest BCUT2D eigenvalue weighted by Gasteiger charge is -2.04. The van der Waals surface area contributed by atoms with Crippen LogP contribution in [0.5, 0.6) is 0 Å². The Kier molecular flexibility index (Phi) is 3.23. The number of carbonyl (C=O) groups excluding carboxylic acids is 1. The zero-order valence-corrected chi connectivity index (χ0v) is 11.8. The molecule has 7 heteroatoms. The van der Waals surface area contributed by atoms with E-state index in [1.54, 1.807) is 17.7 Å². The Morgan fingerprint density at radius 3 is 2.81 bits per heavy atom. The number of rotatable bonds is 2. The summed E-state index contributed by atoms with van der Waals surface area (Å²) in [4.78, 5) is 29.9. The van der Waals surface area contributed by atoms with E-state index in [4.69, 9.17) is 11.6 Å². The predicted octanol–water partition coefficient (Wildman–Crippen LogP) is 2.17. The van der Waals surface area contributed by atoms with Crippen LogP contribution in [0.15, 0.2) is 41.3 Å². The van der Waals surface area contributed by atoms with E-state index in [-0.39, 0.29) is 11.5 Å². The molecule has 3 rings (SSSR count). The number of fused-ring (bicyclic) bond motifs is 1. The number of anilines is 1. The Morgan fingerprint density at radius 2 is 2.14 bits per heavy atom. The SMILES string of the molecule is Cn1c(NC(=O)c2ccc(=O)[nH]c2)nc2c(Cl)cccc21. The Morgan fingerprint density at radius 1 is 1.33 bits per heavy atom. The van der Waals surface area contributed by atoms with E-state index in [2.05, 4.69) is 15.3 Å². The number of nitrogens with zero attached hydrogens (tertiary/aromatic N) is 2. The first-order valence-corrected chi connectivity index (χ1v) is 6.55. The van der Waals surface area contributed by atoms with Crippen molar-refractivity contribution in [1.29, 1.82) is 0 Å². The molecular weight excluding hydrogens is 292 g/mol. The lowest BCUT2D eigenvalue weighted by Crippen LogP contribution is -2.16. The van der Waals surface area contributed by atoms with Crippen molar-refractivity contribution in [3.63, 3.8) is 0 Å². The van der Waals surface area contributed by atoms with Crippen molar-refractivity contribution in [3.05, 3.63) is 57.5 Å². The Hall–Kier alpha value is -2.60. The molecule has 0 aliphatic carbocycles. The number of H-pyrrole nitrogens is 1. The number of aryl methyl sites for hydroxylation is 1. The zero-order valence-electron chi connectivity index (χ0n) is 11.1. The van der Waals surface area contributed by atoms with Crippen LogP contribution >= 0.6 is 11.6 Å². The van der Waals surface area contributed by atoms with E-state index in [0.29, 0.717) is 22.1 Å². The molecule has 21 heavy (non-hydrogen) atoms. The molecule has 0 fully saturated rings. The maximum absolute atomic E-state index is 12.1. The highest BCUT2D eigenvalue weighted by Gasteiger charge is 2.13. The van der Waals surface area contributed by atoms with Gasteiger partial charge in [-0.2, -0.15) is 0 Å². The molecule has 1 aromatic carbocycles. The van der Waals surface area contributed by atoms with Gasteiger partial charge in [0.2, 0.25) is 11.5 Å². The van der Waals surface area contributed by atoms with Crippen LogP contribution in [0.2, 0.25) is 5.02 Å². The topological polar surface area (TPSA) is 79.8 Å². The number of halogens is 1. The highest BCUT2D eigenvalue weighted by molar-refractivity contribution is 6.35. The van der Waals surface area contributed by atoms with E-state index in [0.717, 1.165) is 5.52 Å². The van der Waals surface area contributed by atoms with Crippen LogP contribution in [-0.2, 0) is 7.05 Å². The molecule has 106 valence electrons. The maximum atomic E-state index is 12.1. The van der Waals surface area contributed by atoms with Crippen LogP contribution in [0.1, 0.15) is 10.4 Å². The second-order valence-electron chi connectivity index (χ2n) is 4.50. The van der Waals surface area contributed by atoms with Gasteiger partial charge in [0.25, 0.3) is 5.91 Å². The molecule has 0 aliphatic rings. The fraction of sp³-hybridized carbons (Fsp3) is 0.0714. The summed E-state index contributed by atoms with van der Waals surface area (Å²) in [6.07, 6.45) is 1.35. The summed E-state index contributed by atoms with van der Waals surface area (Å²) in [6.45, 7) is 0. The first-order chi connectivity index (χ1) is 10.1. The number of imidazole rings is 1. The number of para-hydroxylation sites is 1. The Bertz CT molecular complexity index is 877. The van der Waals surface area contributed by atoms with Crippen molar-refractivity contribution < 1.29 is 4.79 Å². The molecule has 0 spiro atoms. The van der Waals surface area contributed by atoms with E-state index >= 15 is 0 Å². The summed E-state index contributed by atoms with van der Waals surface area (Å²) < 4.78 is 1.74. The van der Waals surface area contributed by atoms with Crippen LogP contribution in [0.3, 0.4) is 0 Å². The van der Waals surface area contributed by atoms with Gasteiger partial charge >= 0.3 is 0 Å². The third-order valence-corrected chi connectivity index (χ3v) is 3.44. The van der Waals surface area contributed by atoms with Crippen molar-refractivity contribution in [2.24, 2.45) is 7.05 Å². The maximum Gasteiger partial charge on any atom is 0.259 e. The minimum absolute atomic E-state index is 0.263. The molecule has 0 unspecified atom stereocenters. The lowest BCUT2D eigenvalue weighted by molar-refractivity contribution is 0.102. The highest BCUT2D eigenvalue weighted by Crippen LogP contribution is 2.25. The van der Waals surface area contributed by atoms with E-state index in [9.17, 15) is 9.59 Å². The summed E-state index contributed by atoms with van der Waals surface area (Å²) in [5.74, 6) is 0.0232. The zero-order chi connectivity index (χ0) is 15.0. The van der Waals surface area contributed by atoms with Crippen LogP contribution in [0.4, 0.5) is 5.95 Å². The molecule has 0 aliphatic heterocycles. The lowest BCUT2D eigenvalue weighted by atomic mass is 10.3. The van der Waals surface area contributed by atoms with Gasteiger partial charge in [-0.3, -0.25) is 14.9 Å². The van der Waals surface area contributed by atoms with Gasteiger partial charge in [-0.05, 0) is 18.2 Å². The van der Waals surface area contributed by atoms with Gasteiger partial charge in [-0.25, -0.2) is 4.98 Å². The first kappa shape index (κ1) is 13.4. The molecule has 2 heterocycles. The van der Waals surface area contributed by atoms with Crippen molar-refractivity contribution in [1.82, 2.24) is 14.5 Å². The number of hydrogen-bond donors (Lipinski definition) is 2. The molecule has 1 amide bonds. The average molecular weight is 303 g/mol. The number of carbonyl (C=O) groups is 1. The molecule has 0 atom stereocenters. The predicted molar refractivity (Wildman–Crippen MR) is 80.7 cm³/mol. The van der Waals surface area contributed by atoms with Crippen molar-refractivity contribution in [2.45, 2.75) is 0 Å². The van der Waals surface area contributed by atoms with Gasteiger partial charge in [-0.1, -0.05) is 17.7 Å². The summed E-state index contributed by atoms with van der Waals surface area (Å²) >= 11 is 6.09. The van der Waals surface area contributed by atoms with Gasteiger partial charge in [-0.15, -0.1) is 0 Å². The third-order valence-electron chi connectivity index (χ3n) is 3.13. The van der Waals surface area contributed by atoms with E-state index in [1.165, 1.54) is 18.3 Å². The summed E-state index contributed by atoms with van der Waals surface area (Å²) in [6, 6.07) is 8.17. The van der Waals surface area contributed by atoms with E-state index < -0.39 is 0 Å². The smallest absolute Gasteiger partial charge is 0.259 e. The number of amides is 1. The van der Waals surface area contributed by atoms with Crippen molar-refractivity contribution in [2.75, 3.05) is 5.32 Å². The minimum Gasteiger partial charge on any atom is -0.328 e. The van der Waals surface area contributed by atoms with Gasteiger partial charge in [0, 0.05) is 19.3 Å². The number of pyridine rings is 1. The standard InChI is InChI=1S/C14H11ClN4O2/c1-19-10-4-2-3-9(15)12(10)17-14(19)18-13(21)8-5-6-11(20)16-7-8/h2-7H,1H3,(H,16,20)(H,17,18,21). The quantitative estimate of drug-likeness (QED) is 0.761. The third kappa shape index (κ3) is 2.41. The number of benzene rings is 1. The molecule has 0 saturated heterocycles. The Balaban J connectivity index is 1.96. The van der Waals surface area contributed by atoms with E-state index in [1.807, 2.05) is 12.1 Å². The van der Waals surface area contributed by atoms with Crippen LogP contribution in [0, 0.1) is 0 Å². The van der Waals surface area contributed by atoms with Crippen LogP contribution < -0.4 is 10.9 Å². The number of aromatic nitrogens is 3. The molecule has 2 aromatic heterocycles. The first-order valence-electron chi connectivity index (χ1n) is 6.17. The highest BCUT2D eigenvalue weighted by atomic mass is 35.5. The van der Waals surface area contributed by atoms with Crippen LogP contribution in [-0.4, -0.2) is 20.4 Å². The average Bonchev–Trinajstić information content (AvgIpc) is 2.78. The summed E-state index contributed by atoms with van der Waals surface area (Å²) in [7, 11) is 1.79. The fourth-order valence-electron chi connectivity index (χ4n) is 2.02. The number of aromatic amines is 1. The molecule has 6 nitrogen and oxygen atoms in total. The second kappa shape index (κ2) is 5.06. The van der Waals surface area contributed by atoms with Gasteiger partial charge < -0.3 is 9.55 Å². The molecule has 3 aromatic rings. The van der Waals surface area contributed by atoms with Gasteiger partial charge in [0.15, 0.2) is 0 Å². The minimum atomic E-state index is -0.360. The van der Waals surface area contributed by atoms with Crippen LogP contribution in [0.25, 0.3) is 11.0 Å². The number of hydrogen-bond acceptors (Lipinski definition) is 3. The normalized spacial score (nSPS) is 10.8. The molecular formula is C14H11ClN4O2. The summed E-state index contributed by atoms with van der Waals surface area (Å²) in [5.41, 5.74) is 1.52. The van der Waals surface area contributed by atoms with Crippen molar-refractivity contribution >= 4 is 34.5 Å². The fourth-order valence-corrected chi connectivity index (χ4v) is 2.23. The second-order valence-corrected chi connectivity index (χ2v) is 4.90. The molecule has 0 bridgehead atoms. The largest absolute Gasteiger partial charge is 0.328 e. The number of nitrogens with one attached hydrogen (secondary N) is 2. The molecule has 0 radical (unpaired) electrons. The van der Waals surface area contributed by atoms with Gasteiger partial charge in [0.1, 0.15) is 5.52 Å². The van der Waals surface area contributed by atoms with Gasteiger partial charge in [0.05, 0.1) is 16.1 Å². The molecule has 0 saturated carbocycles. The molecule has 2 N–H and O–H groups in total. The Labute approximate surface area is 124 Å².